The molecule has 0 aromatic carbocycles. The van der Waals surface area contributed by atoms with Crippen molar-refractivity contribution in [3.05, 3.63) is 23.1 Å². The van der Waals surface area contributed by atoms with Crippen molar-refractivity contribution in [3.63, 3.8) is 0 Å². The van der Waals surface area contributed by atoms with E-state index in [0.29, 0.717) is 0 Å². The Hall–Kier alpha value is -1.56. The van der Waals surface area contributed by atoms with Crippen LogP contribution in [-0.2, 0) is 9.59 Å². The highest BCUT2D eigenvalue weighted by atomic mass is 32.2. The second-order valence-corrected chi connectivity index (χ2v) is 2.76. The van der Waals surface area contributed by atoms with Crippen LogP contribution in [0.3, 0.4) is 0 Å². The lowest BCUT2D eigenvalue weighted by Gasteiger charge is -1.92. The Labute approximate surface area is 77.6 Å². The average Bonchev–Trinajstić information content (AvgIpc) is 2.28. The molecule has 0 bridgehead atoms. The van der Waals surface area contributed by atoms with Crippen molar-refractivity contribution < 1.29 is 19.8 Å². The Balaban J connectivity index is 3.03. The fraction of sp³-hybridized carbons (Fsp3) is 0. The van der Waals surface area contributed by atoms with Crippen LogP contribution in [0, 0.1) is 0 Å². The van der Waals surface area contributed by atoms with Crippen LogP contribution in [0.2, 0.25) is 0 Å². The minimum Gasteiger partial charge on any atom is -0.478 e. The van der Waals surface area contributed by atoms with Gasteiger partial charge in [-0.25, -0.2) is 14.0 Å². The van der Waals surface area contributed by atoms with Gasteiger partial charge in [0.15, 0.2) is 5.71 Å². The van der Waals surface area contributed by atoms with Gasteiger partial charge in [0.2, 0.25) is 0 Å². The number of nitrogens with zero attached hydrogens (tertiary/aromatic N) is 1. The molecule has 0 spiro atoms. The molecule has 5 nitrogen and oxygen atoms in total. The molecule has 1 aliphatic rings. The summed E-state index contributed by atoms with van der Waals surface area (Å²) < 4.78 is 3.56. The van der Waals surface area contributed by atoms with Crippen molar-refractivity contribution >= 4 is 29.6 Å². The van der Waals surface area contributed by atoms with Crippen molar-refractivity contribution in [1.29, 1.82) is 0 Å². The van der Waals surface area contributed by atoms with Gasteiger partial charge in [-0.3, -0.25) is 0 Å². The molecule has 0 unspecified atom stereocenters. The van der Waals surface area contributed by atoms with Gasteiger partial charge in [0.05, 0.1) is 5.57 Å². The van der Waals surface area contributed by atoms with Crippen molar-refractivity contribution in [2.45, 2.75) is 0 Å². The van der Waals surface area contributed by atoms with E-state index in [1.807, 2.05) is 0 Å². The lowest BCUT2D eigenvalue weighted by atomic mass is 10.2. The largest absolute Gasteiger partial charge is 0.478 e. The lowest BCUT2D eigenvalue weighted by Crippen LogP contribution is -2.11. The summed E-state index contributed by atoms with van der Waals surface area (Å²) in [6.07, 6.45) is 2.31. The van der Waals surface area contributed by atoms with Crippen LogP contribution in [0.25, 0.3) is 0 Å². The third-order valence-electron chi connectivity index (χ3n) is 1.22. The summed E-state index contributed by atoms with van der Waals surface area (Å²) in [7, 11) is 0. The van der Waals surface area contributed by atoms with Gasteiger partial charge in [-0.1, -0.05) is 0 Å². The van der Waals surface area contributed by atoms with Crippen LogP contribution in [-0.4, -0.2) is 27.9 Å². The summed E-state index contributed by atoms with van der Waals surface area (Å²) in [5.74, 6) is -2.41. The van der Waals surface area contributed by atoms with E-state index < -0.39 is 11.9 Å². The Kier molecular flexibility index (Phi) is 2.86. The molecule has 1 heterocycles. The van der Waals surface area contributed by atoms with Crippen molar-refractivity contribution in [2.75, 3.05) is 0 Å². The molecule has 0 amide bonds. The number of hydrogen-bond donors (Lipinski definition) is 2. The summed E-state index contributed by atoms with van der Waals surface area (Å²) in [6.45, 7) is 0. The molecule has 2 N–H and O–H groups in total. The maximum Gasteiger partial charge on any atom is 0.355 e. The lowest BCUT2D eigenvalue weighted by molar-refractivity contribution is -0.132. The first-order valence-electron chi connectivity index (χ1n) is 3.20. The Bertz CT molecular complexity index is 342. The van der Waals surface area contributed by atoms with E-state index in [1.54, 1.807) is 0 Å². The summed E-state index contributed by atoms with van der Waals surface area (Å²) in [6, 6.07) is 0. The zero-order valence-electron chi connectivity index (χ0n) is 6.30. The standard InChI is InChI=1S/C7H5NO4S/c9-6(10)4-1-2-13-8-5(3-4)7(11)12/h1-3H,(H,9,10)(H,11,12). The zero-order valence-corrected chi connectivity index (χ0v) is 7.11. The minimum absolute atomic E-state index is 0.0915. The van der Waals surface area contributed by atoms with Crippen molar-refractivity contribution in [1.82, 2.24) is 0 Å². The predicted molar refractivity (Wildman–Crippen MR) is 47.5 cm³/mol. The Morgan fingerprint density at radius 1 is 1.31 bits per heavy atom. The van der Waals surface area contributed by atoms with E-state index in [9.17, 15) is 9.59 Å². The summed E-state index contributed by atoms with van der Waals surface area (Å²) >= 11 is 0.884. The molecule has 0 saturated heterocycles. The molecule has 1 rings (SSSR count). The monoisotopic (exact) mass is 199 g/mol. The van der Waals surface area contributed by atoms with Gasteiger partial charge < -0.3 is 10.2 Å². The van der Waals surface area contributed by atoms with Gasteiger partial charge in [-0.2, -0.15) is 0 Å². The Morgan fingerprint density at radius 2 is 2.00 bits per heavy atom. The number of rotatable bonds is 2. The van der Waals surface area contributed by atoms with Crippen LogP contribution in [0.5, 0.6) is 0 Å². The van der Waals surface area contributed by atoms with Gasteiger partial charge in [0.1, 0.15) is 0 Å². The molecular weight excluding hydrogens is 194 g/mol. The summed E-state index contributed by atoms with van der Waals surface area (Å²) in [5.41, 5.74) is -0.362. The molecule has 0 saturated carbocycles. The van der Waals surface area contributed by atoms with E-state index >= 15 is 0 Å². The number of hydrogen-bond acceptors (Lipinski definition) is 4. The molecule has 1 aliphatic heterocycles. The van der Waals surface area contributed by atoms with Gasteiger partial charge in [0.25, 0.3) is 0 Å². The molecule has 68 valence electrons. The average molecular weight is 199 g/mol. The van der Waals surface area contributed by atoms with Crippen LogP contribution in [0.1, 0.15) is 0 Å². The zero-order chi connectivity index (χ0) is 9.84. The smallest absolute Gasteiger partial charge is 0.355 e. The van der Waals surface area contributed by atoms with Crippen LogP contribution in [0.15, 0.2) is 27.5 Å². The molecule has 0 radical (unpaired) electrons. The highest BCUT2D eigenvalue weighted by Gasteiger charge is 2.12. The maximum absolute atomic E-state index is 10.5. The number of aliphatic carboxylic acids is 2. The van der Waals surface area contributed by atoms with Gasteiger partial charge >= 0.3 is 11.9 Å². The third kappa shape index (κ3) is 2.45. The van der Waals surface area contributed by atoms with E-state index in [-0.39, 0.29) is 11.3 Å². The first kappa shape index (κ1) is 9.53. The van der Waals surface area contributed by atoms with Crippen molar-refractivity contribution in [3.8, 4) is 0 Å². The predicted octanol–water partition coefficient (Wildman–Crippen LogP) is 0.698. The molecule has 0 fully saturated rings. The summed E-state index contributed by atoms with van der Waals surface area (Å²) in [5, 5.41) is 18.6. The molecular formula is C7H5NO4S. The normalized spacial score (nSPS) is 15.7. The Morgan fingerprint density at radius 3 is 2.54 bits per heavy atom. The van der Waals surface area contributed by atoms with Crippen LogP contribution in [0.4, 0.5) is 0 Å². The van der Waals surface area contributed by atoms with E-state index in [4.69, 9.17) is 10.2 Å². The molecule has 0 atom stereocenters. The fourth-order valence-corrected chi connectivity index (χ4v) is 1.16. The van der Waals surface area contributed by atoms with E-state index in [0.717, 1.165) is 18.0 Å². The van der Waals surface area contributed by atoms with Crippen LogP contribution < -0.4 is 0 Å². The molecule has 0 aliphatic carbocycles. The van der Waals surface area contributed by atoms with Gasteiger partial charge in [-0.05, 0) is 17.6 Å². The molecule has 13 heavy (non-hydrogen) atoms. The third-order valence-corrected chi connectivity index (χ3v) is 1.78. The fourth-order valence-electron chi connectivity index (χ4n) is 0.647. The minimum atomic E-state index is -1.24. The topological polar surface area (TPSA) is 87.0 Å². The van der Waals surface area contributed by atoms with Gasteiger partial charge in [-0.15, -0.1) is 0 Å². The van der Waals surface area contributed by atoms with Crippen LogP contribution >= 0.6 is 11.9 Å². The highest BCUT2D eigenvalue weighted by Crippen LogP contribution is 2.13. The quantitative estimate of drug-likeness (QED) is 0.639. The number of carboxylic acids is 2. The van der Waals surface area contributed by atoms with E-state index in [1.165, 1.54) is 11.5 Å². The highest BCUT2D eigenvalue weighted by molar-refractivity contribution is 8.01. The molecule has 0 aromatic heterocycles. The molecule has 0 aromatic rings. The first-order chi connectivity index (χ1) is 6.11. The second-order valence-electron chi connectivity index (χ2n) is 2.09. The molecule has 6 heteroatoms. The first-order valence-corrected chi connectivity index (χ1v) is 4.03. The van der Waals surface area contributed by atoms with Crippen molar-refractivity contribution in [2.24, 2.45) is 4.40 Å². The maximum atomic E-state index is 10.5. The number of carbonyl (C=O) groups is 2. The SMILES string of the molecule is O=C(O)C1=CC(C(=O)O)=NSC=C1. The van der Waals surface area contributed by atoms with E-state index in [2.05, 4.69) is 4.40 Å². The second kappa shape index (κ2) is 3.90. The van der Waals surface area contributed by atoms with Gasteiger partial charge in [0, 0.05) is 11.9 Å². The summed E-state index contributed by atoms with van der Waals surface area (Å²) in [4.78, 5) is 21.0. The number of carboxylic acid groups (broad SMARTS) is 2.